The molecule has 22 heavy (non-hydrogen) atoms. The molecule has 0 spiro atoms. The Labute approximate surface area is 135 Å². The summed E-state index contributed by atoms with van der Waals surface area (Å²) in [6.07, 6.45) is 7.22. The second-order valence-electron chi connectivity index (χ2n) is 6.63. The average Bonchev–Trinajstić information content (AvgIpc) is 2.51. The van der Waals surface area contributed by atoms with Crippen LogP contribution in [0.2, 0.25) is 0 Å². The normalized spacial score (nSPS) is 29.9. The summed E-state index contributed by atoms with van der Waals surface area (Å²) in [7, 11) is 1.74. The van der Waals surface area contributed by atoms with Crippen LogP contribution in [0.4, 0.5) is 0 Å². The van der Waals surface area contributed by atoms with Gasteiger partial charge in [0.1, 0.15) is 0 Å². The summed E-state index contributed by atoms with van der Waals surface area (Å²) in [5, 5.41) is 29.6. The van der Waals surface area contributed by atoms with Crippen molar-refractivity contribution in [2.75, 3.05) is 33.4 Å². The fourth-order valence-electron chi connectivity index (χ4n) is 3.26. The Morgan fingerprint density at radius 1 is 1.00 bits per heavy atom. The van der Waals surface area contributed by atoms with Crippen LogP contribution in [0.3, 0.4) is 0 Å². The topological polar surface area (TPSA) is 73.2 Å². The number of unbranched alkanes of at least 4 members (excludes halogenated alkanes) is 6. The molecule has 0 aliphatic carbocycles. The first kappa shape index (κ1) is 19.8. The maximum absolute atomic E-state index is 10.1. The number of β-amino-alcohol motifs (C(OH)–C–C–N with tert-alkyl or cyclic N) is 1. The Balaban J connectivity index is 2.12. The number of likely N-dealkylation sites (tertiary alicyclic amines) is 1. The lowest BCUT2D eigenvalue weighted by molar-refractivity contribution is -0.102. The minimum Gasteiger partial charge on any atom is -0.395 e. The van der Waals surface area contributed by atoms with Crippen LogP contribution in [-0.4, -0.2) is 71.9 Å². The van der Waals surface area contributed by atoms with E-state index in [1.165, 1.54) is 32.1 Å². The number of ether oxygens (including phenoxy) is 1. The fourth-order valence-corrected chi connectivity index (χ4v) is 3.26. The van der Waals surface area contributed by atoms with Gasteiger partial charge < -0.3 is 20.1 Å². The molecule has 1 aliphatic rings. The summed E-state index contributed by atoms with van der Waals surface area (Å²) < 4.78 is 5.03. The van der Waals surface area contributed by atoms with Crippen molar-refractivity contribution in [3.63, 3.8) is 0 Å². The minimum atomic E-state index is -0.644. The van der Waals surface area contributed by atoms with Gasteiger partial charge in [-0.2, -0.15) is 0 Å². The largest absolute Gasteiger partial charge is 0.395 e. The quantitative estimate of drug-likeness (QED) is 0.502. The Bertz CT molecular complexity index is 277. The zero-order valence-electron chi connectivity index (χ0n) is 14.3. The van der Waals surface area contributed by atoms with E-state index in [0.717, 1.165) is 26.0 Å². The van der Waals surface area contributed by atoms with Crippen LogP contribution in [0.5, 0.6) is 0 Å². The highest BCUT2D eigenvalue weighted by atomic mass is 16.5. The van der Waals surface area contributed by atoms with Crippen LogP contribution in [0, 0.1) is 5.92 Å². The van der Waals surface area contributed by atoms with E-state index in [1.54, 1.807) is 7.11 Å². The lowest BCUT2D eigenvalue weighted by atomic mass is 9.87. The second kappa shape index (κ2) is 11.4. The molecule has 0 saturated carbocycles. The molecule has 5 nitrogen and oxygen atoms in total. The standard InChI is InChI=1S/C17H35NO4/c1-14-16(20)12-18(15(13-19)17(14)21)10-8-6-4-3-5-7-9-11-22-2/h14-17,19-21H,3-13H2,1-2H3/t14-,15-,16+,17+/m0/s1. The Kier molecular flexibility index (Phi) is 10.2. The third-order valence-electron chi connectivity index (χ3n) is 4.91. The number of hydrogen-bond acceptors (Lipinski definition) is 5. The van der Waals surface area contributed by atoms with E-state index in [-0.39, 0.29) is 18.6 Å². The molecule has 4 atom stereocenters. The zero-order valence-corrected chi connectivity index (χ0v) is 14.3. The minimum absolute atomic E-state index is 0.0439. The van der Waals surface area contributed by atoms with E-state index >= 15 is 0 Å². The van der Waals surface area contributed by atoms with E-state index in [2.05, 4.69) is 0 Å². The van der Waals surface area contributed by atoms with Crippen molar-refractivity contribution in [2.24, 2.45) is 5.92 Å². The number of piperidine rings is 1. The van der Waals surface area contributed by atoms with E-state index in [4.69, 9.17) is 4.74 Å². The van der Waals surface area contributed by atoms with Crippen molar-refractivity contribution in [1.29, 1.82) is 0 Å². The molecule has 0 aromatic carbocycles. The molecule has 5 heteroatoms. The highest BCUT2D eigenvalue weighted by molar-refractivity contribution is 4.91. The predicted octanol–water partition coefficient (Wildman–Crippen LogP) is 1.40. The lowest BCUT2D eigenvalue weighted by Crippen LogP contribution is -2.59. The lowest BCUT2D eigenvalue weighted by Gasteiger charge is -2.44. The second-order valence-corrected chi connectivity index (χ2v) is 6.63. The number of methoxy groups -OCH3 is 1. The number of hydrogen-bond donors (Lipinski definition) is 3. The fraction of sp³-hybridized carbons (Fsp3) is 1.00. The molecule has 1 aliphatic heterocycles. The molecular weight excluding hydrogens is 282 g/mol. The summed E-state index contributed by atoms with van der Waals surface area (Å²) in [4.78, 5) is 2.05. The van der Waals surface area contributed by atoms with Crippen molar-refractivity contribution in [3.05, 3.63) is 0 Å². The summed E-state index contributed by atoms with van der Waals surface area (Å²) >= 11 is 0. The average molecular weight is 317 g/mol. The third-order valence-corrected chi connectivity index (χ3v) is 4.91. The summed E-state index contributed by atoms with van der Waals surface area (Å²) in [6, 6.07) is -0.229. The summed E-state index contributed by atoms with van der Waals surface area (Å²) in [5.41, 5.74) is 0. The van der Waals surface area contributed by atoms with Gasteiger partial charge in [0, 0.05) is 26.2 Å². The van der Waals surface area contributed by atoms with Crippen LogP contribution < -0.4 is 0 Å². The number of aliphatic hydroxyl groups excluding tert-OH is 3. The number of rotatable bonds is 11. The maximum atomic E-state index is 10.1. The van der Waals surface area contributed by atoms with Crippen molar-refractivity contribution in [1.82, 2.24) is 4.90 Å². The summed E-state index contributed by atoms with van der Waals surface area (Å²) in [6.45, 7) is 4.06. The third kappa shape index (κ3) is 6.50. The van der Waals surface area contributed by atoms with Gasteiger partial charge in [-0.05, 0) is 19.4 Å². The van der Waals surface area contributed by atoms with Crippen molar-refractivity contribution in [3.8, 4) is 0 Å². The van der Waals surface area contributed by atoms with Gasteiger partial charge in [0.25, 0.3) is 0 Å². The first-order chi connectivity index (χ1) is 10.6. The smallest absolute Gasteiger partial charge is 0.0768 e. The molecule has 0 bridgehead atoms. The van der Waals surface area contributed by atoms with Crippen molar-refractivity contribution < 1.29 is 20.1 Å². The monoisotopic (exact) mass is 317 g/mol. The van der Waals surface area contributed by atoms with Gasteiger partial charge in [-0.15, -0.1) is 0 Å². The first-order valence-electron chi connectivity index (χ1n) is 8.81. The van der Waals surface area contributed by atoms with E-state index in [0.29, 0.717) is 6.54 Å². The molecular formula is C17H35NO4. The molecule has 132 valence electrons. The molecule has 0 unspecified atom stereocenters. The van der Waals surface area contributed by atoms with Crippen LogP contribution in [-0.2, 0) is 4.74 Å². The van der Waals surface area contributed by atoms with Gasteiger partial charge in [-0.3, -0.25) is 4.90 Å². The Morgan fingerprint density at radius 3 is 2.18 bits per heavy atom. The van der Waals surface area contributed by atoms with Crippen LogP contribution >= 0.6 is 0 Å². The maximum Gasteiger partial charge on any atom is 0.0768 e. The first-order valence-corrected chi connectivity index (χ1v) is 8.81. The highest BCUT2D eigenvalue weighted by Crippen LogP contribution is 2.24. The molecule has 1 fully saturated rings. The zero-order chi connectivity index (χ0) is 16.4. The molecule has 0 amide bonds. The molecule has 1 rings (SSSR count). The SMILES string of the molecule is COCCCCCCCCCN1C[C@@H](O)[C@H](C)[C@@H](O)[C@@H]1CO. The van der Waals surface area contributed by atoms with E-state index in [1.807, 2.05) is 11.8 Å². The molecule has 0 aromatic heterocycles. The van der Waals surface area contributed by atoms with E-state index in [9.17, 15) is 15.3 Å². The predicted molar refractivity (Wildman–Crippen MR) is 87.8 cm³/mol. The molecule has 0 aromatic rings. The van der Waals surface area contributed by atoms with Gasteiger partial charge in [0.15, 0.2) is 0 Å². The molecule has 3 N–H and O–H groups in total. The number of aliphatic hydroxyl groups is 3. The molecule has 1 heterocycles. The van der Waals surface area contributed by atoms with Gasteiger partial charge >= 0.3 is 0 Å². The van der Waals surface area contributed by atoms with Gasteiger partial charge in [0.2, 0.25) is 0 Å². The summed E-state index contributed by atoms with van der Waals surface area (Å²) in [5.74, 6) is -0.166. The van der Waals surface area contributed by atoms with E-state index < -0.39 is 12.2 Å². The molecule has 1 saturated heterocycles. The van der Waals surface area contributed by atoms with Gasteiger partial charge in [-0.25, -0.2) is 0 Å². The van der Waals surface area contributed by atoms with Crippen LogP contribution in [0.15, 0.2) is 0 Å². The van der Waals surface area contributed by atoms with Crippen molar-refractivity contribution in [2.45, 2.75) is 70.1 Å². The molecule has 0 radical (unpaired) electrons. The highest BCUT2D eigenvalue weighted by Gasteiger charge is 2.38. The van der Waals surface area contributed by atoms with Crippen LogP contribution in [0.25, 0.3) is 0 Å². The number of nitrogens with zero attached hydrogens (tertiary/aromatic N) is 1. The van der Waals surface area contributed by atoms with Gasteiger partial charge in [-0.1, -0.05) is 39.0 Å². The van der Waals surface area contributed by atoms with Gasteiger partial charge in [0.05, 0.1) is 24.9 Å². The van der Waals surface area contributed by atoms with Crippen LogP contribution in [0.1, 0.15) is 51.9 Å². The Hall–Kier alpha value is -0.200. The van der Waals surface area contributed by atoms with Crippen molar-refractivity contribution >= 4 is 0 Å². The Morgan fingerprint density at radius 2 is 1.59 bits per heavy atom.